The molecule has 0 atom stereocenters. The second-order valence-electron chi connectivity index (χ2n) is 5.62. The molecule has 0 saturated carbocycles. The first-order valence-corrected chi connectivity index (χ1v) is 6.48. The largest absolute Gasteiger partial charge is 0.379 e. The first-order valence-electron chi connectivity index (χ1n) is 6.48. The van der Waals surface area contributed by atoms with E-state index in [0.29, 0.717) is 24.2 Å². The number of nitrogens with zero attached hydrogens (tertiary/aromatic N) is 1. The molecular weight excluding hydrogens is 261 g/mol. The summed E-state index contributed by atoms with van der Waals surface area (Å²) >= 11 is 0. The molecule has 1 aliphatic rings. The van der Waals surface area contributed by atoms with E-state index in [-0.39, 0.29) is 11.2 Å². The molecule has 0 fully saturated rings. The molecule has 5 heteroatoms. The van der Waals surface area contributed by atoms with Crippen LogP contribution in [0.15, 0.2) is 12.1 Å². The number of aryl methyl sites for hydroxylation is 1. The zero-order valence-electron chi connectivity index (χ0n) is 12.1. The molecule has 108 valence electrons. The molecule has 0 spiro atoms. The summed E-state index contributed by atoms with van der Waals surface area (Å²) in [5.41, 5.74) is 0.880. The van der Waals surface area contributed by atoms with Gasteiger partial charge in [-0.15, -0.1) is 0 Å². The fraction of sp³-hybridized carbons (Fsp3) is 0.467. The number of rotatable bonds is 4. The molecule has 20 heavy (non-hydrogen) atoms. The number of ketones is 1. The van der Waals surface area contributed by atoms with Crippen molar-refractivity contribution in [2.24, 2.45) is 0 Å². The number of anilines is 1. The number of ether oxygens (including phenoxy) is 1. The molecule has 1 heterocycles. The Bertz CT molecular complexity index is 581. The van der Waals surface area contributed by atoms with Gasteiger partial charge in [0.25, 0.3) is 11.7 Å². The third kappa shape index (κ3) is 2.45. The average Bonchev–Trinajstić information content (AvgIpc) is 2.61. The van der Waals surface area contributed by atoms with Crippen molar-refractivity contribution >= 4 is 17.4 Å². The van der Waals surface area contributed by atoms with Gasteiger partial charge in [0.2, 0.25) is 0 Å². The minimum Gasteiger partial charge on any atom is -0.379 e. The fourth-order valence-electron chi connectivity index (χ4n) is 2.30. The summed E-state index contributed by atoms with van der Waals surface area (Å²) in [6.45, 7) is 5.88. The number of methoxy groups -OCH3 is 1. The van der Waals surface area contributed by atoms with E-state index in [1.807, 2.05) is 13.8 Å². The molecule has 0 N–H and O–H groups in total. The van der Waals surface area contributed by atoms with Crippen molar-refractivity contribution in [1.29, 1.82) is 0 Å². The van der Waals surface area contributed by atoms with E-state index in [1.54, 1.807) is 14.0 Å². The summed E-state index contributed by atoms with van der Waals surface area (Å²) in [7, 11) is 1.60. The van der Waals surface area contributed by atoms with E-state index in [2.05, 4.69) is 0 Å². The quantitative estimate of drug-likeness (QED) is 0.795. The number of hydrogen-bond acceptors (Lipinski definition) is 3. The minimum absolute atomic E-state index is 0.155. The van der Waals surface area contributed by atoms with Gasteiger partial charge in [0, 0.05) is 13.7 Å². The van der Waals surface area contributed by atoms with Crippen molar-refractivity contribution in [2.45, 2.75) is 32.8 Å². The van der Waals surface area contributed by atoms with Gasteiger partial charge < -0.3 is 9.64 Å². The van der Waals surface area contributed by atoms with E-state index < -0.39 is 17.5 Å². The molecular formula is C15H18FNO3. The lowest BCUT2D eigenvalue weighted by Crippen LogP contribution is -2.35. The van der Waals surface area contributed by atoms with Crippen LogP contribution in [0.4, 0.5) is 10.1 Å². The standard InChI is InChI=1S/C15H18FNO3/c1-9-7-10(16)8-11-12(9)17(14(19)13(11)18)6-5-15(2,3)20-4/h7-8H,5-6H2,1-4H3. The van der Waals surface area contributed by atoms with Gasteiger partial charge in [-0.1, -0.05) is 0 Å². The van der Waals surface area contributed by atoms with Gasteiger partial charge in [-0.05, 0) is 44.9 Å². The van der Waals surface area contributed by atoms with Crippen molar-refractivity contribution in [3.8, 4) is 0 Å². The molecule has 0 radical (unpaired) electrons. The molecule has 1 aliphatic heterocycles. The molecule has 4 nitrogen and oxygen atoms in total. The van der Waals surface area contributed by atoms with Gasteiger partial charge in [-0.25, -0.2) is 4.39 Å². The first kappa shape index (κ1) is 14.7. The smallest absolute Gasteiger partial charge is 0.299 e. The highest BCUT2D eigenvalue weighted by Gasteiger charge is 2.38. The van der Waals surface area contributed by atoms with Crippen LogP contribution in [0.25, 0.3) is 0 Å². The number of Topliss-reactive ketones (excluding diaryl/α,β-unsaturated/α-hetero) is 1. The number of amides is 1. The van der Waals surface area contributed by atoms with Gasteiger partial charge >= 0.3 is 0 Å². The van der Waals surface area contributed by atoms with Crippen molar-refractivity contribution in [3.05, 3.63) is 29.1 Å². The van der Waals surface area contributed by atoms with Crippen molar-refractivity contribution in [1.82, 2.24) is 0 Å². The van der Waals surface area contributed by atoms with Crippen LogP contribution in [0.2, 0.25) is 0 Å². The molecule has 0 unspecified atom stereocenters. The number of hydrogen-bond donors (Lipinski definition) is 0. The normalized spacial score (nSPS) is 14.9. The van der Waals surface area contributed by atoms with Gasteiger partial charge in [-0.2, -0.15) is 0 Å². The number of carbonyl (C=O) groups excluding carboxylic acids is 2. The average molecular weight is 279 g/mol. The Balaban J connectivity index is 2.34. The minimum atomic E-state index is -0.641. The van der Waals surface area contributed by atoms with Gasteiger partial charge in [-0.3, -0.25) is 9.59 Å². The summed E-state index contributed by atoms with van der Waals surface area (Å²) in [6.07, 6.45) is 0.582. The van der Waals surface area contributed by atoms with E-state index in [1.165, 1.54) is 11.0 Å². The Hall–Kier alpha value is -1.75. The second kappa shape index (κ2) is 4.98. The van der Waals surface area contributed by atoms with E-state index in [9.17, 15) is 14.0 Å². The van der Waals surface area contributed by atoms with Crippen LogP contribution in [0.3, 0.4) is 0 Å². The summed E-state index contributed by atoms with van der Waals surface area (Å²) < 4.78 is 18.7. The lowest BCUT2D eigenvalue weighted by molar-refractivity contribution is -0.114. The van der Waals surface area contributed by atoms with Crippen LogP contribution in [0.5, 0.6) is 0 Å². The van der Waals surface area contributed by atoms with Gasteiger partial charge in [0.05, 0.1) is 16.9 Å². The summed E-state index contributed by atoms with van der Waals surface area (Å²) in [4.78, 5) is 25.4. The summed E-state index contributed by atoms with van der Waals surface area (Å²) in [5, 5.41) is 0. The van der Waals surface area contributed by atoms with Crippen LogP contribution in [0.1, 0.15) is 36.2 Å². The van der Waals surface area contributed by atoms with Crippen LogP contribution >= 0.6 is 0 Å². The lowest BCUT2D eigenvalue weighted by Gasteiger charge is -2.26. The molecule has 1 aromatic rings. The van der Waals surface area contributed by atoms with Crippen molar-refractivity contribution < 1.29 is 18.7 Å². The second-order valence-corrected chi connectivity index (χ2v) is 5.62. The number of halogens is 1. The third-order valence-electron chi connectivity index (χ3n) is 3.71. The molecule has 1 amide bonds. The maximum atomic E-state index is 13.4. The Morgan fingerprint density at radius 2 is 1.95 bits per heavy atom. The Morgan fingerprint density at radius 3 is 2.55 bits per heavy atom. The Morgan fingerprint density at radius 1 is 1.30 bits per heavy atom. The van der Waals surface area contributed by atoms with Crippen LogP contribution < -0.4 is 4.90 Å². The van der Waals surface area contributed by atoms with E-state index in [0.717, 1.165) is 6.07 Å². The summed E-state index contributed by atoms with van der Waals surface area (Å²) in [5.74, 6) is -1.74. The third-order valence-corrected chi connectivity index (χ3v) is 3.71. The van der Waals surface area contributed by atoms with E-state index in [4.69, 9.17) is 4.74 Å². The highest BCUT2D eigenvalue weighted by molar-refractivity contribution is 6.52. The van der Waals surface area contributed by atoms with Gasteiger partial charge in [0.15, 0.2) is 0 Å². The lowest BCUT2D eigenvalue weighted by atomic mass is 10.0. The molecule has 1 aromatic carbocycles. The molecule has 0 aromatic heterocycles. The molecule has 0 bridgehead atoms. The van der Waals surface area contributed by atoms with Crippen molar-refractivity contribution in [2.75, 3.05) is 18.6 Å². The fourth-order valence-corrected chi connectivity index (χ4v) is 2.30. The maximum absolute atomic E-state index is 13.4. The van der Waals surface area contributed by atoms with Crippen LogP contribution in [-0.2, 0) is 9.53 Å². The van der Waals surface area contributed by atoms with E-state index >= 15 is 0 Å². The number of carbonyl (C=O) groups is 2. The van der Waals surface area contributed by atoms with Crippen LogP contribution in [0, 0.1) is 12.7 Å². The van der Waals surface area contributed by atoms with Crippen molar-refractivity contribution in [3.63, 3.8) is 0 Å². The number of benzene rings is 1. The molecule has 0 aliphatic carbocycles. The molecule has 2 rings (SSSR count). The zero-order chi connectivity index (χ0) is 15.1. The maximum Gasteiger partial charge on any atom is 0.299 e. The Labute approximate surface area is 117 Å². The first-order chi connectivity index (χ1) is 9.26. The van der Waals surface area contributed by atoms with Gasteiger partial charge in [0.1, 0.15) is 5.82 Å². The monoisotopic (exact) mass is 279 g/mol. The SMILES string of the molecule is COC(C)(C)CCN1C(=O)C(=O)c2cc(F)cc(C)c21. The predicted octanol–water partition coefficient (Wildman–Crippen LogP) is 2.48. The summed E-state index contributed by atoms with van der Waals surface area (Å²) in [6, 6.07) is 2.46. The zero-order valence-corrected chi connectivity index (χ0v) is 12.1. The number of fused-ring (bicyclic) bond motifs is 1. The Kier molecular flexibility index (Phi) is 3.65. The molecule has 0 saturated heterocycles. The predicted molar refractivity (Wildman–Crippen MR) is 73.5 cm³/mol. The topological polar surface area (TPSA) is 46.6 Å². The highest BCUT2D eigenvalue weighted by atomic mass is 19.1. The van der Waals surface area contributed by atoms with Crippen LogP contribution in [-0.4, -0.2) is 30.9 Å². The highest BCUT2D eigenvalue weighted by Crippen LogP contribution is 2.34.